The lowest BCUT2D eigenvalue weighted by Crippen LogP contribution is -2.49. The Morgan fingerprint density at radius 3 is 3.04 bits per heavy atom. The zero-order valence-corrected chi connectivity index (χ0v) is 15.9. The van der Waals surface area contributed by atoms with Crippen molar-refractivity contribution in [3.8, 4) is 5.75 Å². The van der Waals surface area contributed by atoms with Gasteiger partial charge in [0.1, 0.15) is 12.4 Å². The third kappa shape index (κ3) is 4.56. The van der Waals surface area contributed by atoms with Crippen LogP contribution < -0.4 is 10.1 Å². The summed E-state index contributed by atoms with van der Waals surface area (Å²) in [5.41, 5.74) is 1.21. The second-order valence-electron chi connectivity index (χ2n) is 6.93. The van der Waals surface area contributed by atoms with Crippen molar-refractivity contribution in [3.05, 3.63) is 48.5 Å². The van der Waals surface area contributed by atoms with Crippen molar-refractivity contribution >= 4 is 5.96 Å². The van der Waals surface area contributed by atoms with E-state index in [4.69, 9.17) is 4.74 Å². The van der Waals surface area contributed by atoms with Gasteiger partial charge in [0.25, 0.3) is 0 Å². The Morgan fingerprint density at radius 1 is 1.42 bits per heavy atom. The summed E-state index contributed by atoms with van der Waals surface area (Å²) in [6.07, 6.45) is 6.96. The first-order chi connectivity index (χ1) is 12.7. The third-order valence-corrected chi connectivity index (χ3v) is 4.98. The summed E-state index contributed by atoms with van der Waals surface area (Å²) in [6, 6.07) is 8.55. The van der Waals surface area contributed by atoms with Crippen LogP contribution in [0.2, 0.25) is 0 Å². The van der Waals surface area contributed by atoms with Gasteiger partial charge < -0.3 is 19.5 Å². The maximum atomic E-state index is 5.82. The number of rotatable bonds is 5. The molecule has 0 saturated carbocycles. The normalized spacial score (nSPS) is 20.9. The number of hydrogen-bond donors (Lipinski definition) is 1. The van der Waals surface area contributed by atoms with Gasteiger partial charge in [-0.05, 0) is 37.0 Å². The van der Waals surface area contributed by atoms with Gasteiger partial charge in [-0.25, -0.2) is 4.98 Å². The number of aryl methyl sites for hydroxylation is 1. The lowest BCUT2D eigenvalue weighted by Gasteiger charge is -2.39. The zero-order chi connectivity index (χ0) is 18.4. The predicted molar refractivity (Wildman–Crippen MR) is 105 cm³/mol. The molecule has 0 amide bonds. The Labute approximate surface area is 155 Å². The number of nitrogens with zero attached hydrogens (tertiary/aromatic N) is 4. The van der Waals surface area contributed by atoms with Crippen LogP contribution in [-0.4, -0.2) is 53.7 Å². The number of aromatic nitrogens is 2. The molecule has 2 unspecified atom stereocenters. The molecule has 1 aromatic heterocycles. The summed E-state index contributed by atoms with van der Waals surface area (Å²) < 4.78 is 8.03. The average molecular weight is 355 g/mol. The number of aliphatic imine (C=N–C) groups is 1. The van der Waals surface area contributed by atoms with Crippen molar-refractivity contribution in [1.29, 1.82) is 0 Å². The number of benzene rings is 1. The van der Waals surface area contributed by atoms with Gasteiger partial charge in [-0.3, -0.25) is 4.99 Å². The van der Waals surface area contributed by atoms with Crippen LogP contribution in [0.5, 0.6) is 5.75 Å². The van der Waals surface area contributed by atoms with Crippen LogP contribution in [0.15, 0.2) is 48.0 Å². The molecule has 1 aromatic carbocycles. The summed E-state index contributed by atoms with van der Waals surface area (Å²) in [5.74, 6) is 2.48. The molecule has 1 N–H and O–H groups in total. The number of piperidine rings is 1. The van der Waals surface area contributed by atoms with E-state index in [9.17, 15) is 0 Å². The quantitative estimate of drug-likeness (QED) is 0.509. The minimum absolute atomic E-state index is 0.424. The molecule has 6 nitrogen and oxygen atoms in total. The molecule has 140 valence electrons. The van der Waals surface area contributed by atoms with Gasteiger partial charge in [0.2, 0.25) is 0 Å². The van der Waals surface area contributed by atoms with Crippen molar-refractivity contribution < 1.29 is 4.74 Å². The molecule has 6 heteroatoms. The van der Waals surface area contributed by atoms with Crippen molar-refractivity contribution in [3.63, 3.8) is 0 Å². The van der Waals surface area contributed by atoms with E-state index >= 15 is 0 Å². The highest BCUT2D eigenvalue weighted by Crippen LogP contribution is 2.27. The molecule has 26 heavy (non-hydrogen) atoms. The molecule has 1 aliphatic heterocycles. The fourth-order valence-corrected chi connectivity index (χ4v) is 3.46. The Morgan fingerprint density at radius 2 is 2.31 bits per heavy atom. The van der Waals surface area contributed by atoms with Crippen LogP contribution in [0.4, 0.5) is 0 Å². The van der Waals surface area contributed by atoms with E-state index in [2.05, 4.69) is 56.9 Å². The molecule has 0 radical (unpaired) electrons. The van der Waals surface area contributed by atoms with E-state index < -0.39 is 0 Å². The molecule has 1 aliphatic rings. The van der Waals surface area contributed by atoms with Gasteiger partial charge >= 0.3 is 0 Å². The SMILES string of the molecule is CN=C(NCCOc1cccc(C)c1)N1CCC(C)C(n2ccnc2)C1. The second kappa shape index (κ2) is 8.74. The zero-order valence-electron chi connectivity index (χ0n) is 15.9. The number of imidazole rings is 1. The number of nitrogens with one attached hydrogen (secondary N) is 1. The van der Waals surface area contributed by atoms with E-state index in [1.807, 2.05) is 31.7 Å². The molecule has 1 fully saturated rings. The van der Waals surface area contributed by atoms with Crippen molar-refractivity contribution in [2.45, 2.75) is 26.3 Å². The highest BCUT2D eigenvalue weighted by molar-refractivity contribution is 5.80. The molecule has 2 atom stereocenters. The van der Waals surface area contributed by atoms with E-state index in [-0.39, 0.29) is 0 Å². The monoisotopic (exact) mass is 355 g/mol. The van der Waals surface area contributed by atoms with E-state index in [0.29, 0.717) is 18.6 Å². The van der Waals surface area contributed by atoms with Crippen LogP contribution in [0.3, 0.4) is 0 Å². The summed E-state index contributed by atoms with van der Waals surface area (Å²) in [5, 5.41) is 3.43. The summed E-state index contributed by atoms with van der Waals surface area (Å²) in [4.78, 5) is 11.0. The minimum Gasteiger partial charge on any atom is -0.492 e. The van der Waals surface area contributed by atoms with Gasteiger partial charge in [0, 0.05) is 32.5 Å². The molecule has 2 aromatic rings. The van der Waals surface area contributed by atoms with Gasteiger partial charge in [-0.15, -0.1) is 0 Å². The molecule has 2 heterocycles. The molecule has 0 bridgehead atoms. The molecular formula is C20H29N5O. The molecule has 3 rings (SSSR count). The molecule has 1 saturated heterocycles. The first kappa shape index (κ1) is 18.3. The average Bonchev–Trinajstić information content (AvgIpc) is 3.17. The van der Waals surface area contributed by atoms with Crippen LogP contribution in [0.25, 0.3) is 0 Å². The highest BCUT2D eigenvalue weighted by atomic mass is 16.5. The topological polar surface area (TPSA) is 54.7 Å². The van der Waals surface area contributed by atoms with Crippen LogP contribution in [0, 0.1) is 12.8 Å². The van der Waals surface area contributed by atoms with Crippen molar-refractivity contribution in [2.24, 2.45) is 10.9 Å². The Balaban J connectivity index is 1.50. The summed E-state index contributed by atoms with van der Waals surface area (Å²) in [6.45, 7) is 7.68. The minimum atomic E-state index is 0.424. The van der Waals surface area contributed by atoms with E-state index in [1.165, 1.54) is 5.56 Å². The summed E-state index contributed by atoms with van der Waals surface area (Å²) >= 11 is 0. The highest BCUT2D eigenvalue weighted by Gasteiger charge is 2.28. The van der Waals surface area contributed by atoms with Crippen LogP contribution >= 0.6 is 0 Å². The smallest absolute Gasteiger partial charge is 0.193 e. The Bertz CT molecular complexity index is 713. The standard InChI is InChI=1S/C20H29N5O/c1-16-5-4-6-18(13-16)26-12-9-23-20(21-3)24-10-7-17(2)19(14-24)25-11-8-22-15-25/h4-6,8,11,13,15,17,19H,7,9-10,12,14H2,1-3H3,(H,21,23). The number of ether oxygens (including phenoxy) is 1. The maximum absolute atomic E-state index is 5.82. The van der Waals surface area contributed by atoms with Crippen molar-refractivity contribution in [2.75, 3.05) is 33.3 Å². The number of guanidine groups is 1. The first-order valence-electron chi connectivity index (χ1n) is 9.30. The van der Waals surface area contributed by atoms with E-state index in [1.54, 1.807) is 0 Å². The lowest BCUT2D eigenvalue weighted by atomic mass is 9.93. The Kier molecular flexibility index (Phi) is 6.15. The molecule has 0 spiro atoms. The number of hydrogen-bond acceptors (Lipinski definition) is 3. The van der Waals surface area contributed by atoms with Gasteiger partial charge in [0.15, 0.2) is 5.96 Å². The molecular weight excluding hydrogens is 326 g/mol. The maximum Gasteiger partial charge on any atom is 0.193 e. The lowest BCUT2D eigenvalue weighted by molar-refractivity contribution is 0.188. The largest absolute Gasteiger partial charge is 0.492 e. The van der Waals surface area contributed by atoms with Crippen molar-refractivity contribution in [1.82, 2.24) is 19.8 Å². The fraction of sp³-hybridized carbons (Fsp3) is 0.500. The van der Waals surface area contributed by atoms with Gasteiger partial charge in [-0.2, -0.15) is 0 Å². The van der Waals surface area contributed by atoms with Crippen LogP contribution in [0.1, 0.15) is 24.9 Å². The second-order valence-corrected chi connectivity index (χ2v) is 6.93. The third-order valence-electron chi connectivity index (χ3n) is 4.98. The first-order valence-corrected chi connectivity index (χ1v) is 9.30. The van der Waals surface area contributed by atoms with Crippen LogP contribution in [-0.2, 0) is 0 Å². The molecule has 0 aliphatic carbocycles. The van der Waals surface area contributed by atoms with E-state index in [0.717, 1.165) is 37.8 Å². The predicted octanol–water partition coefficient (Wildman–Crippen LogP) is 2.73. The van der Waals surface area contributed by atoms with Gasteiger partial charge in [-0.1, -0.05) is 19.1 Å². The summed E-state index contributed by atoms with van der Waals surface area (Å²) in [7, 11) is 1.84. The fourth-order valence-electron chi connectivity index (χ4n) is 3.46. The number of likely N-dealkylation sites (tertiary alicyclic amines) is 1. The van der Waals surface area contributed by atoms with Gasteiger partial charge in [0.05, 0.1) is 18.9 Å². The Hall–Kier alpha value is -2.50.